The first-order chi connectivity index (χ1) is 27.4. The van der Waals surface area contributed by atoms with Crippen molar-refractivity contribution in [2.45, 2.75) is 0 Å². The first kappa shape index (κ1) is 23.6. The fourth-order valence-corrected chi connectivity index (χ4v) is 8.37. The Labute approximate surface area is 302 Å². The third kappa shape index (κ3) is 4.08. The van der Waals surface area contributed by atoms with E-state index in [2.05, 4.69) is 115 Å². The molecule has 0 fully saturated rings. The second kappa shape index (κ2) is 10.9. The quantitative estimate of drug-likeness (QED) is 0.173. The molecule has 2 nitrogen and oxygen atoms in total. The van der Waals surface area contributed by atoms with Crippen LogP contribution in [-0.2, 0) is 0 Å². The molecule has 1 aromatic heterocycles. The minimum Gasteiger partial charge on any atom is -0.292 e. The molecule has 0 atom stereocenters. The van der Waals surface area contributed by atoms with Gasteiger partial charge in [0.15, 0.2) is 0 Å². The van der Waals surface area contributed by atoms with Crippen molar-refractivity contribution >= 4 is 43.4 Å². The summed E-state index contributed by atoms with van der Waals surface area (Å²) in [5.74, 6) is 0.491. The average molecular weight is 652 g/mol. The Morgan fingerprint density at radius 3 is 1.73 bits per heavy atom. The minimum atomic E-state index is -0.430. The van der Waals surface area contributed by atoms with Crippen molar-refractivity contribution in [3.8, 4) is 61.6 Å². The number of nitrogens with zero attached hydrogens (tertiary/aromatic N) is 2. The predicted molar refractivity (Wildman–Crippen MR) is 214 cm³/mol. The van der Waals surface area contributed by atoms with Crippen LogP contribution in [0.5, 0.6) is 0 Å². The molecule has 0 N–H and O–H groups in total. The van der Waals surface area contributed by atoms with E-state index in [4.69, 9.17) is 11.8 Å². The number of hydrogen-bond acceptors (Lipinski definition) is 1. The zero-order valence-electron chi connectivity index (χ0n) is 32.3. The zero-order valence-corrected chi connectivity index (χ0v) is 27.3. The van der Waals surface area contributed by atoms with Crippen LogP contribution in [0.4, 0.5) is 0 Å². The minimum absolute atomic E-state index is 0.0683. The molecular formula is C49H30N2. The summed E-state index contributed by atoms with van der Waals surface area (Å²) < 4.78 is 44.6. The van der Waals surface area contributed by atoms with Crippen molar-refractivity contribution in [2.24, 2.45) is 0 Å². The van der Waals surface area contributed by atoms with Gasteiger partial charge in [0.05, 0.1) is 17.9 Å². The van der Waals surface area contributed by atoms with Crippen LogP contribution in [0, 0.1) is 0 Å². The fraction of sp³-hybridized carbons (Fsp3) is 0. The van der Waals surface area contributed by atoms with Gasteiger partial charge in [-0.25, -0.2) is 4.98 Å². The van der Waals surface area contributed by atoms with Crippen molar-refractivity contribution < 1.29 is 6.85 Å². The highest BCUT2D eigenvalue weighted by molar-refractivity contribution is 6.26. The van der Waals surface area contributed by atoms with Crippen LogP contribution in [0.3, 0.4) is 0 Å². The molecule has 0 saturated carbocycles. The van der Waals surface area contributed by atoms with Gasteiger partial charge in [-0.15, -0.1) is 0 Å². The number of aromatic nitrogens is 2. The van der Waals surface area contributed by atoms with Gasteiger partial charge in [0.1, 0.15) is 5.82 Å². The Morgan fingerprint density at radius 2 is 0.980 bits per heavy atom. The van der Waals surface area contributed by atoms with E-state index in [1.165, 1.54) is 44.2 Å². The Balaban J connectivity index is 1.17. The molecular weight excluding hydrogens is 617 g/mol. The number of benzene rings is 9. The van der Waals surface area contributed by atoms with E-state index in [1.54, 1.807) is 4.57 Å². The molecule has 51 heavy (non-hydrogen) atoms. The SMILES string of the molecule is [2H]c1c([2H])c([2H])c(-n2c(-c3cccc(-c4c5ccccc5c(-c5ccc6c7c(cccc57)-c5ccccc5-6)c5ccccc45)c3)nc3ccccc32)c([2H])c1[2H]. The van der Waals surface area contributed by atoms with E-state index >= 15 is 0 Å². The van der Waals surface area contributed by atoms with Gasteiger partial charge in [-0.2, -0.15) is 0 Å². The van der Waals surface area contributed by atoms with E-state index < -0.39 is 6.04 Å². The van der Waals surface area contributed by atoms with E-state index in [-0.39, 0.29) is 29.9 Å². The lowest BCUT2D eigenvalue weighted by Gasteiger charge is -2.19. The molecule has 0 unspecified atom stereocenters. The molecule has 236 valence electrons. The summed E-state index contributed by atoms with van der Waals surface area (Å²) in [6.07, 6.45) is 0. The lowest BCUT2D eigenvalue weighted by atomic mass is 9.84. The second-order valence-corrected chi connectivity index (χ2v) is 13.1. The Kier molecular flexibility index (Phi) is 5.02. The first-order valence-electron chi connectivity index (χ1n) is 19.7. The molecule has 0 aliphatic heterocycles. The van der Waals surface area contributed by atoms with Gasteiger partial charge >= 0.3 is 0 Å². The maximum Gasteiger partial charge on any atom is 0.145 e. The van der Waals surface area contributed by atoms with Gasteiger partial charge in [-0.3, -0.25) is 4.57 Å². The molecule has 0 saturated heterocycles. The van der Waals surface area contributed by atoms with Crippen LogP contribution in [0.15, 0.2) is 182 Å². The van der Waals surface area contributed by atoms with E-state index in [0.29, 0.717) is 16.9 Å². The molecule has 1 aliphatic rings. The van der Waals surface area contributed by atoms with Crippen molar-refractivity contribution in [3.05, 3.63) is 182 Å². The summed E-state index contributed by atoms with van der Waals surface area (Å²) >= 11 is 0. The summed E-state index contributed by atoms with van der Waals surface area (Å²) in [5.41, 5.74) is 11.7. The molecule has 1 heterocycles. The Bertz CT molecular complexity index is 3210. The van der Waals surface area contributed by atoms with E-state index in [1.807, 2.05) is 36.4 Å². The molecule has 0 amide bonds. The molecule has 2 heteroatoms. The molecule has 0 bridgehead atoms. The topological polar surface area (TPSA) is 17.8 Å². The maximum absolute atomic E-state index is 8.88. The van der Waals surface area contributed by atoms with Crippen molar-refractivity contribution in [1.82, 2.24) is 9.55 Å². The highest BCUT2D eigenvalue weighted by atomic mass is 15.1. The highest BCUT2D eigenvalue weighted by Crippen LogP contribution is 2.51. The number of para-hydroxylation sites is 3. The fourth-order valence-electron chi connectivity index (χ4n) is 8.37. The van der Waals surface area contributed by atoms with Crippen LogP contribution in [0.25, 0.3) is 105 Å². The largest absolute Gasteiger partial charge is 0.292 e. The predicted octanol–water partition coefficient (Wildman–Crippen LogP) is 13.1. The molecule has 1 aliphatic carbocycles. The van der Waals surface area contributed by atoms with Crippen molar-refractivity contribution in [2.75, 3.05) is 0 Å². The maximum atomic E-state index is 8.88. The van der Waals surface area contributed by atoms with E-state index in [9.17, 15) is 0 Å². The normalized spacial score (nSPS) is 13.3. The number of fused-ring (bicyclic) bond motifs is 6. The third-order valence-corrected chi connectivity index (χ3v) is 10.4. The average Bonchev–Trinajstić information content (AvgIpc) is 3.79. The van der Waals surface area contributed by atoms with Crippen LogP contribution in [-0.4, -0.2) is 9.55 Å². The lowest BCUT2D eigenvalue weighted by Crippen LogP contribution is -1.97. The molecule has 11 rings (SSSR count). The zero-order chi connectivity index (χ0) is 37.8. The van der Waals surface area contributed by atoms with Gasteiger partial charge < -0.3 is 0 Å². The summed E-state index contributed by atoms with van der Waals surface area (Å²) in [6.45, 7) is 0. The second-order valence-electron chi connectivity index (χ2n) is 13.1. The van der Waals surface area contributed by atoms with E-state index in [0.717, 1.165) is 38.2 Å². The smallest absolute Gasteiger partial charge is 0.145 e. The summed E-state index contributed by atoms with van der Waals surface area (Å²) in [4.78, 5) is 5.03. The van der Waals surface area contributed by atoms with Crippen LogP contribution in [0.1, 0.15) is 6.85 Å². The van der Waals surface area contributed by atoms with Crippen molar-refractivity contribution in [3.63, 3.8) is 0 Å². The molecule has 0 spiro atoms. The Morgan fingerprint density at radius 1 is 0.431 bits per heavy atom. The van der Waals surface area contributed by atoms with Gasteiger partial charge in [0.2, 0.25) is 0 Å². The molecule has 9 aromatic carbocycles. The summed E-state index contributed by atoms with van der Waals surface area (Å²) in [7, 11) is 0. The number of rotatable bonds is 4. The highest BCUT2D eigenvalue weighted by Gasteiger charge is 2.24. The molecule has 10 aromatic rings. The van der Waals surface area contributed by atoms with Crippen LogP contribution in [0.2, 0.25) is 0 Å². The summed E-state index contributed by atoms with van der Waals surface area (Å²) in [6, 6.07) is 51.1. The first-order valence-corrected chi connectivity index (χ1v) is 17.2. The van der Waals surface area contributed by atoms with Gasteiger partial charge in [-0.1, -0.05) is 152 Å². The molecule has 0 radical (unpaired) electrons. The van der Waals surface area contributed by atoms with Crippen molar-refractivity contribution in [1.29, 1.82) is 0 Å². The van der Waals surface area contributed by atoms with Crippen LogP contribution >= 0.6 is 0 Å². The monoisotopic (exact) mass is 651 g/mol. The number of hydrogen-bond donors (Lipinski definition) is 0. The van der Waals surface area contributed by atoms with Gasteiger partial charge in [-0.05, 0) is 107 Å². The standard InChI is InChI=1S/C49H30N2/c1-2-16-33(17-3-1)51-45-27-11-10-26-44(45)50-49(51)32-15-12-14-31(30-32)46-37-20-6-8-22-39(37)48(40-23-9-7-21-38(40)46)43-29-28-42-35-19-5-4-18-34(35)36-24-13-25-41(43)47(36)42/h1-30H/i1D,2D,3D,16D,17D. The van der Waals surface area contributed by atoms with Gasteiger partial charge in [0, 0.05) is 11.3 Å². The summed E-state index contributed by atoms with van der Waals surface area (Å²) in [5, 5.41) is 7.04. The number of imidazole rings is 1. The third-order valence-electron chi connectivity index (χ3n) is 10.4. The Hall–Kier alpha value is -6.77. The van der Waals surface area contributed by atoms with Gasteiger partial charge in [0.25, 0.3) is 0 Å². The van der Waals surface area contributed by atoms with Crippen LogP contribution < -0.4 is 0 Å². The lowest BCUT2D eigenvalue weighted by molar-refractivity contribution is 1.10.